The van der Waals surface area contributed by atoms with Crippen molar-refractivity contribution >= 4 is 31.9 Å². The molecule has 1 aromatic rings. The number of hydrogen-bond donors (Lipinski definition) is 2. The number of carbonyl (C=O) groups excluding carboxylic acids is 1. The maximum absolute atomic E-state index is 11.9. The molecule has 8 heteroatoms. The number of ether oxygens (including phenoxy) is 1. The van der Waals surface area contributed by atoms with Crippen molar-refractivity contribution in [1.82, 2.24) is 10.6 Å². The number of hydrogen-bond acceptors (Lipinski definition) is 5. The van der Waals surface area contributed by atoms with Crippen LogP contribution in [0.3, 0.4) is 0 Å². The summed E-state index contributed by atoms with van der Waals surface area (Å²) in [5, 5.41) is 5.64. The second-order valence-corrected chi connectivity index (χ2v) is 7.21. The monoisotopic (exact) mass is 378 g/mol. The molecular weight excluding hydrogens is 360 g/mol. The van der Waals surface area contributed by atoms with E-state index in [2.05, 4.69) is 26.6 Å². The van der Waals surface area contributed by atoms with Crippen molar-refractivity contribution < 1.29 is 17.9 Å². The number of halogens is 1. The van der Waals surface area contributed by atoms with Gasteiger partial charge in [0, 0.05) is 16.3 Å². The fraction of sp³-hybridized carbons (Fsp3) is 0.462. The predicted octanol–water partition coefficient (Wildman–Crippen LogP) is 2.21. The van der Waals surface area contributed by atoms with Crippen molar-refractivity contribution in [1.29, 1.82) is 0 Å². The second-order valence-electron chi connectivity index (χ2n) is 4.31. The van der Waals surface area contributed by atoms with E-state index in [4.69, 9.17) is 4.74 Å². The lowest BCUT2D eigenvalue weighted by Gasteiger charge is -2.22. The number of sulfone groups is 1. The highest BCUT2D eigenvalue weighted by atomic mass is 79.9. The number of benzene rings is 1. The summed E-state index contributed by atoms with van der Waals surface area (Å²) < 4.78 is 29.4. The maximum atomic E-state index is 11.9. The van der Waals surface area contributed by atoms with Crippen LogP contribution >= 0.6 is 15.9 Å². The Bertz CT molecular complexity index is 604. The summed E-state index contributed by atoms with van der Waals surface area (Å²) in [5.74, 6) is 0. The molecule has 0 bridgehead atoms. The van der Waals surface area contributed by atoms with Crippen molar-refractivity contribution in [3.05, 3.63) is 28.2 Å². The molecular formula is C13H19BrN2O4S. The lowest BCUT2D eigenvalue weighted by atomic mass is 10.1. The van der Waals surface area contributed by atoms with Gasteiger partial charge in [0.1, 0.15) is 6.17 Å². The van der Waals surface area contributed by atoms with E-state index >= 15 is 0 Å². The van der Waals surface area contributed by atoms with Crippen molar-refractivity contribution in [2.24, 2.45) is 0 Å². The summed E-state index contributed by atoms with van der Waals surface area (Å²) >= 11 is 3.26. The van der Waals surface area contributed by atoms with Gasteiger partial charge in [-0.15, -0.1) is 0 Å². The summed E-state index contributed by atoms with van der Waals surface area (Å²) in [6.07, 6.45) is -0.122. The Balaban J connectivity index is 3.22. The Labute approximate surface area is 133 Å². The summed E-state index contributed by atoms with van der Waals surface area (Å²) in [6, 6.07) is 4.89. The van der Waals surface area contributed by atoms with Gasteiger partial charge in [-0.3, -0.25) is 5.32 Å². The van der Waals surface area contributed by atoms with Crippen molar-refractivity contribution in [2.45, 2.75) is 24.9 Å². The minimum Gasteiger partial charge on any atom is -0.450 e. The molecule has 1 amide bonds. The third-order valence-electron chi connectivity index (χ3n) is 2.63. The lowest BCUT2D eigenvalue weighted by Crippen LogP contribution is -2.39. The standard InChI is InChI=1S/C13H19BrN2O4S/c1-4-15-12(16-13(17)20-5-2)10-7-6-9(14)8-11(10)21(3,18)19/h6-8,12,15H,4-5H2,1-3H3,(H,16,17). The Morgan fingerprint density at radius 1 is 1.38 bits per heavy atom. The van der Waals surface area contributed by atoms with Gasteiger partial charge in [-0.2, -0.15) is 0 Å². The first-order valence-corrected chi connectivity index (χ1v) is 9.14. The number of alkyl carbamates (subject to hydrolysis) is 1. The molecule has 118 valence electrons. The highest BCUT2D eigenvalue weighted by Gasteiger charge is 2.22. The van der Waals surface area contributed by atoms with Crippen LogP contribution in [0.15, 0.2) is 27.6 Å². The molecule has 0 aliphatic carbocycles. The van der Waals surface area contributed by atoms with E-state index in [-0.39, 0.29) is 11.5 Å². The van der Waals surface area contributed by atoms with Crippen molar-refractivity contribution in [3.63, 3.8) is 0 Å². The molecule has 0 saturated carbocycles. The topological polar surface area (TPSA) is 84.5 Å². The Hall–Kier alpha value is -1.12. The lowest BCUT2D eigenvalue weighted by molar-refractivity contribution is 0.145. The largest absolute Gasteiger partial charge is 0.450 e. The first-order valence-electron chi connectivity index (χ1n) is 6.45. The van der Waals surface area contributed by atoms with E-state index < -0.39 is 22.1 Å². The molecule has 0 fully saturated rings. The molecule has 0 aromatic heterocycles. The van der Waals surface area contributed by atoms with Gasteiger partial charge < -0.3 is 10.1 Å². The van der Waals surface area contributed by atoms with Crippen LogP contribution in [0, 0.1) is 0 Å². The second kappa shape index (κ2) is 7.77. The highest BCUT2D eigenvalue weighted by molar-refractivity contribution is 9.10. The van der Waals surface area contributed by atoms with Crippen LogP contribution in [0.5, 0.6) is 0 Å². The van der Waals surface area contributed by atoms with Crippen LogP contribution in [0.2, 0.25) is 0 Å². The van der Waals surface area contributed by atoms with Crippen molar-refractivity contribution in [3.8, 4) is 0 Å². The van der Waals surface area contributed by atoms with E-state index in [0.717, 1.165) is 6.26 Å². The first-order chi connectivity index (χ1) is 9.79. The van der Waals surface area contributed by atoms with E-state index in [0.29, 0.717) is 16.6 Å². The maximum Gasteiger partial charge on any atom is 0.408 e. The minimum absolute atomic E-state index is 0.152. The fourth-order valence-electron chi connectivity index (χ4n) is 1.80. The van der Waals surface area contributed by atoms with Crippen molar-refractivity contribution in [2.75, 3.05) is 19.4 Å². The van der Waals surface area contributed by atoms with Gasteiger partial charge in [-0.25, -0.2) is 13.2 Å². The summed E-state index contributed by atoms with van der Waals surface area (Å²) in [5.41, 5.74) is 0.468. The zero-order chi connectivity index (χ0) is 16.0. The Morgan fingerprint density at radius 2 is 2.05 bits per heavy atom. The average Bonchev–Trinajstić information content (AvgIpc) is 2.37. The molecule has 2 N–H and O–H groups in total. The van der Waals surface area contributed by atoms with Gasteiger partial charge in [-0.05, 0) is 25.6 Å². The van der Waals surface area contributed by atoms with E-state index in [1.807, 2.05) is 6.92 Å². The van der Waals surface area contributed by atoms with Crippen LogP contribution in [-0.4, -0.2) is 33.9 Å². The molecule has 0 heterocycles. The van der Waals surface area contributed by atoms with Gasteiger partial charge in [-0.1, -0.05) is 28.9 Å². The smallest absolute Gasteiger partial charge is 0.408 e. The van der Waals surface area contributed by atoms with Crippen LogP contribution in [-0.2, 0) is 14.6 Å². The van der Waals surface area contributed by atoms with Crippen LogP contribution < -0.4 is 10.6 Å². The predicted molar refractivity (Wildman–Crippen MR) is 83.8 cm³/mol. The van der Waals surface area contributed by atoms with E-state index in [1.165, 1.54) is 6.07 Å². The quantitative estimate of drug-likeness (QED) is 0.741. The summed E-state index contributed by atoms with van der Waals surface area (Å²) in [4.78, 5) is 11.7. The van der Waals surface area contributed by atoms with Gasteiger partial charge in [0.05, 0.1) is 11.5 Å². The fourth-order valence-corrected chi connectivity index (χ4v) is 3.27. The summed E-state index contributed by atoms with van der Waals surface area (Å²) in [6.45, 7) is 4.35. The van der Waals surface area contributed by atoms with E-state index in [1.54, 1.807) is 19.1 Å². The normalized spacial score (nSPS) is 12.8. The number of carbonyl (C=O) groups is 1. The molecule has 0 saturated heterocycles. The molecule has 1 atom stereocenters. The highest BCUT2D eigenvalue weighted by Crippen LogP contribution is 2.25. The average molecular weight is 379 g/mol. The zero-order valence-corrected chi connectivity index (χ0v) is 14.5. The summed E-state index contributed by atoms with van der Waals surface area (Å²) in [7, 11) is -3.43. The Kier molecular flexibility index (Phi) is 6.63. The zero-order valence-electron chi connectivity index (χ0n) is 12.1. The number of amides is 1. The molecule has 21 heavy (non-hydrogen) atoms. The number of rotatable bonds is 6. The van der Waals surface area contributed by atoms with Crippen LogP contribution in [0.25, 0.3) is 0 Å². The molecule has 1 unspecified atom stereocenters. The molecule has 0 spiro atoms. The third-order valence-corrected chi connectivity index (χ3v) is 4.28. The Morgan fingerprint density at radius 3 is 2.57 bits per heavy atom. The van der Waals surface area contributed by atoms with Gasteiger partial charge in [0.25, 0.3) is 0 Å². The van der Waals surface area contributed by atoms with Gasteiger partial charge in [0.2, 0.25) is 0 Å². The van der Waals surface area contributed by atoms with Crippen LogP contribution in [0.4, 0.5) is 4.79 Å². The first kappa shape index (κ1) is 17.9. The minimum atomic E-state index is -3.43. The molecule has 6 nitrogen and oxygen atoms in total. The molecule has 0 aliphatic rings. The SMILES string of the molecule is CCNC(NC(=O)OCC)c1ccc(Br)cc1S(C)(=O)=O. The molecule has 0 radical (unpaired) electrons. The third kappa shape index (κ3) is 5.29. The van der Waals surface area contributed by atoms with Gasteiger partial charge >= 0.3 is 6.09 Å². The van der Waals surface area contributed by atoms with Gasteiger partial charge in [0.15, 0.2) is 9.84 Å². The van der Waals surface area contributed by atoms with E-state index in [9.17, 15) is 13.2 Å². The number of nitrogens with one attached hydrogen (secondary N) is 2. The molecule has 1 rings (SSSR count). The van der Waals surface area contributed by atoms with Crippen LogP contribution in [0.1, 0.15) is 25.6 Å². The molecule has 1 aromatic carbocycles. The molecule has 0 aliphatic heterocycles.